The Morgan fingerprint density at radius 1 is 0.429 bits per heavy atom. The van der Waals surface area contributed by atoms with Gasteiger partial charge in [-0.1, -0.05) is 264 Å². The number of carbonyl (C=O) groups is 2. The summed E-state index contributed by atoms with van der Waals surface area (Å²) in [6.45, 7) is 4.94. The Kier molecular flexibility index (Phi) is 52.0. The zero-order valence-electron chi connectivity index (χ0n) is 42.6. The maximum Gasteiger partial charge on any atom is 0.305 e. The molecule has 0 heterocycles. The van der Waals surface area contributed by atoms with E-state index in [1.54, 1.807) is 0 Å². The lowest BCUT2D eigenvalue weighted by molar-refractivity contribution is -0.143. The molecule has 3 N–H and O–H groups in total. The number of carbonyl (C=O) groups excluding carboxylic acids is 2. The van der Waals surface area contributed by atoms with Gasteiger partial charge in [0.15, 0.2) is 0 Å². The van der Waals surface area contributed by atoms with Crippen LogP contribution in [0, 0.1) is 0 Å². The van der Waals surface area contributed by atoms with Crippen molar-refractivity contribution in [2.75, 3.05) is 13.2 Å². The minimum absolute atomic E-state index is 0.00524. The molecular weight excluding hydrogens is 779 g/mol. The summed E-state index contributed by atoms with van der Waals surface area (Å²) in [5.41, 5.74) is 0. The number of allylic oxidation sites excluding steroid dienone is 2. The van der Waals surface area contributed by atoms with Crippen LogP contribution in [0.5, 0.6) is 0 Å². The van der Waals surface area contributed by atoms with Gasteiger partial charge in [0, 0.05) is 12.8 Å². The number of ether oxygens (including phenoxy) is 1. The number of nitrogens with one attached hydrogen (secondary N) is 1. The Labute approximate surface area is 393 Å². The molecule has 0 aromatic heterocycles. The summed E-state index contributed by atoms with van der Waals surface area (Å²) in [6, 6.07) is -0.550. The van der Waals surface area contributed by atoms with Crippen LogP contribution in [0.3, 0.4) is 0 Å². The maximum atomic E-state index is 12.5. The van der Waals surface area contributed by atoms with Gasteiger partial charge < -0.3 is 20.3 Å². The summed E-state index contributed by atoms with van der Waals surface area (Å²) in [5.74, 6) is -0.0515. The minimum Gasteiger partial charge on any atom is -0.466 e. The van der Waals surface area contributed by atoms with Crippen LogP contribution >= 0.6 is 0 Å². The molecule has 6 nitrogen and oxygen atoms in total. The molecule has 0 saturated heterocycles. The highest BCUT2D eigenvalue weighted by Gasteiger charge is 2.20. The number of aliphatic hydroxyl groups excluding tert-OH is 2. The van der Waals surface area contributed by atoms with E-state index in [1.807, 2.05) is 0 Å². The quantitative estimate of drug-likeness (QED) is 0.0321. The highest BCUT2D eigenvalue weighted by Crippen LogP contribution is 2.17. The number of unbranched alkanes of at least 4 members (excludes halogenated alkanes) is 40. The van der Waals surface area contributed by atoms with Crippen molar-refractivity contribution in [2.24, 2.45) is 0 Å². The number of hydrogen-bond donors (Lipinski definition) is 3. The summed E-state index contributed by atoms with van der Waals surface area (Å²) in [4.78, 5) is 24.5. The zero-order valence-corrected chi connectivity index (χ0v) is 42.6. The van der Waals surface area contributed by atoms with Gasteiger partial charge in [-0.25, -0.2) is 0 Å². The summed E-state index contributed by atoms with van der Waals surface area (Å²) >= 11 is 0. The fraction of sp³-hybridized carbons (Fsp3) is 0.930. The number of hydrogen-bond acceptors (Lipinski definition) is 5. The minimum atomic E-state index is -0.672. The molecule has 6 heteroatoms. The number of esters is 1. The van der Waals surface area contributed by atoms with E-state index in [2.05, 4.69) is 31.3 Å². The molecule has 0 aliphatic carbocycles. The monoisotopic (exact) mass is 890 g/mol. The smallest absolute Gasteiger partial charge is 0.305 e. The molecule has 63 heavy (non-hydrogen) atoms. The van der Waals surface area contributed by atoms with Gasteiger partial charge in [0.2, 0.25) is 5.91 Å². The van der Waals surface area contributed by atoms with Crippen LogP contribution in [-0.4, -0.2) is 47.4 Å². The lowest BCUT2D eigenvalue weighted by atomic mass is 10.0. The molecule has 0 radical (unpaired) electrons. The van der Waals surface area contributed by atoms with Gasteiger partial charge in [-0.05, 0) is 51.4 Å². The predicted octanol–water partition coefficient (Wildman–Crippen LogP) is 17.3. The van der Waals surface area contributed by atoms with E-state index in [1.165, 1.54) is 231 Å². The van der Waals surface area contributed by atoms with Gasteiger partial charge in [0.1, 0.15) is 0 Å². The molecule has 0 saturated carbocycles. The summed E-state index contributed by atoms with van der Waals surface area (Å²) in [6.07, 6.45) is 61.9. The third-order valence-electron chi connectivity index (χ3n) is 13.3. The van der Waals surface area contributed by atoms with Gasteiger partial charge in [0.05, 0.1) is 25.4 Å². The lowest BCUT2D eigenvalue weighted by Crippen LogP contribution is -2.45. The van der Waals surface area contributed by atoms with Gasteiger partial charge >= 0.3 is 5.97 Å². The third kappa shape index (κ3) is 49.9. The van der Waals surface area contributed by atoms with Crippen molar-refractivity contribution in [2.45, 2.75) is 328 Å². The third-order valence-corrected chi connectivity index (χ3v) is 13.3. The van der Waals surface area contributed by atoms with Crippen molar-refractivity contribution >= 4 is 11.9 Å². The predicted molar refractivity (Wildman–Crippen MR) is 273 cm³/mol. The van der Waals surface area contributed by atoms with Crippen LogP contribution in [0.15, 0.2) is 12.2 Å². The molecule has 0 spiro atoms. The second-order valence-corrected chi connectivity index (χ2v) is 19.6. The van der Waals surface area contributed by atoms with E-state index in [4.69, 9.17) is 4.74 Å². The molecule has 374 valence electrons. The van der Waals surface area contributed by atoms with Crippen molar-refractivity contribution in [1.82, 2.24) is 5.32 Å². The topological polar surface area (TPSA) is 95.9 Å². The number of amides is 1. The molecule has 0 aliphatic rings. The van der Waals surface area contributed by atoms with Gasteiger partial charge in [0.25, 0.3) is 0 Å². The molecule has 2 unspecified atom stereocenters. The summed E-state index contributed by atoms with van der Waals surface area (Å²) in [7, 11) is 0. The molecule has 0 rings (SSSR count). The van der Waals surface area contributed by atoms with Crippen LogP contribution in [0.25, 0.3) is 0 Å². The van der Waals surface area contributed by atoms with E-state index in [-0.39, 0.29) is 18.5 Å². The Hall–Kier alpha value is -1.40. The molecule has 0 bridgehead atoms. The Morgan fingerprint density at radius 2 is 0.746 bits per heavy atom. The van der Waals surface area contributed by atoms with Crippen LogP contribution in [0.4, 0.5) is 0 Å². The Bertz CT molecular complexity index is 939. The van der Waals surface area contributed by atoms with Gasteiger partial charge in [-0.15, -0.1) is 0 Å². The lowest BCUT2D eigenvalue weighted by Gasteiger charge is -2.22. The van der Waals surface area contributed by atoms with E-state index >= 15 is 0 Å². The van der Waals surface area contributed by atoms with Crippen molar-refractivity contribution in [3.63, 3.8) is 0 Å². The molecular formula is C57H111NO5. The van der Waals surface area contributed by atoms with Gasteiger partial charge in [-0.3, -0.25) is 9.59 Å². The van der Waals surface area contributed by atoms with Crippen LogP contribution in [0.1, 0.15) is 316 Å². The highest BCUT2D eigenvalue weighted by atomic mass is 16.5. The summed E-state index contributed by atoms with van der Waals surface area (Å²) < 4.78 is 5.48. The first-order chi connectivity index (χ1) is 31.0. The SMILES string of the molecule is CCCCCCCC/C=C\CCCCCCCCCCCC(=O)OCCCCCCCCCCCCCCCC(=O)NC(CO)C(O)CCCCCCCCCCCCCCCC. The van der Waals surface area contributed by atoms with Crippen molar-refractivity contribution < 1.29 is 24.5 Å². The van der Waals surface area contributed by atoms with Crippen LogP contribution < -0.4 is 5.32 Å². The van der Waals surface area contributed by atoms with Crippen molar-refractivity contribution in [3.8, 4) is 0 Å². The summed E-state index contributed by atoms with van der Waals surface area (Å²) in [5, 5.41) is 23.2. The van der Waals surface area contributed by atoms with E-state index in [0.29, 0.717) is 25.9 Å². The van der Waals surface area contributed by atoms with Crippen LogP contribution in [0.2, 0.25) is 0 Å². The second-order valence-electron chi connectivity index (χ2n) is 19.6. The largest absolute Gasteiger partial charge is 0.466 e. The Morgan fingerprint density at radius 3 is 1.13 bits per heavy atom. The maximum absolute atomic E-state index is 12.5. The van der Waals surface area contributed by atoms with Crippen LogP contribution in [-0.2, 0) is 14.3 Å². The average molecular weight is 891 g/mol. The van der Waals surface area contributed by atoms with Crippen molar-refractivity contribution in [1.29, 1.82) is 0 Å². The van der Waals surface area contributed by atoms with Crippen molar-refractivity contribution in [3.05, 3.63) is 12.2 Å². The molecule has 0 fully saturated rings. The second kappa shape index (κ2) is 53.2. The van der Waals surface area contributed by atoms with E-state index < -0.39 is 12.1 Å². The zero-order chi connectivity index (χ0) is 45.8. The first kappa shape index (κ1) is 61.6. The molecule has 1 amide bonds. The van der Waals surface area contributed by atoms with E-state index in [0.717, 1.165) is 51.4 Å². The first-order valence-corrected chi connectivity index (χ1v) is 28.4. The molecule has 0 aromatic rings. The first-order valence-electron chi connectivity index (χ1n) is 28.4. The normalized spacial score (nSPS) is 12.6. The molecule has 2 atom stereocenters. The Balaban J connectivity index is 3.42. The van der Waals surface area contributed by atoms with E-state index in [9.17, 15) is 19.8 Å². The molecule has 0 aliphatic heterocycles. The fourth-order valence-electron chi connectivity index (χ4n) is 8.93. The number of aliphatic hydroxyl groups is 2. The van der Waals surface area contributed by atoms with Gasteiger partial charge in [-0.2, -0.15) is 0 Å². The molecule has 0 aromatic carbocycles. The standard InChI is InChI=1S/C57H111NO5/c1-3-5-7-9-11-13-15-17-19-20-21-22-23-27-31-35-39-43-47-51-57(62)63-52-48-44-40-36-32-28-24-26-30-34-38-42-46-50-56(61)58-54(53-59)55(60)49-45-41-37-33-29-25-18-16-14-12-10-8-6-4-2/h17,19,54-55,59-60H,3-16,18,20-53H2,1-2H3,(H,58,61)/b19-17-. The average Bonchev–Trinajstić information content (AvgIpc) is 3.28. The highest BCUT2D eigenvalue weighted by molar-refractivity contribution is 5.76. The number of rotatable bonds is 53. The fourth-order valence-corrected chi connectivity index (χ4v) is 8.93.